The van der Waals surface area contributed by atoms with Crippen LogP contribution < -0.4 is 5.32 Å². The van der Waals surface area contributed by atoms with Gasteiger partial charge < -0.3 is 10.1 Å². The van der Waals surface area contributed by atoms with Crippen LogP contribution in [0.4, 0.5) is 0 Å². The van der Waals surface area contributed by atoms with E-state index in [0.29, 0.717) is 6.54 Å². The number of carbonyl (C=O) groups is 2. The number of ether oxygens (including phenoxy) is 1. The molecule has 0 saturated carbocycles. The van der Waals surface area contributed by atoms with E-state index in [-0.39, 0.29) is 12.5 Å². The third-order valence-corrected chi connectivity index (χ3v) is 4.34. The molecule has 20 heavy (non-hydrogen) atoms. The molecule has 0 radical (unpaired) electrons. The van der Waals surface area contributed by atoms with E-state index in [4.69, 9.17) is 4.74 Å². The number of amides is 1. The molecule has 6 heteroatoms. The number of hydrogen-bond donors (Lipinski definition) is 1. The SMILES string of the molecule is CCOC(=O)C(C(=O)NCc1ccc(Br)s1)C(C)(C)C. The van der Waals surface area contributed by atoms with E-state index in [0.717, 1.165) is 8.66 Å². The van der Waals surface area contributed by atoms with Crippen LogP contribution in [0.1, 0.15) is 32.6 Å². The lowest BCUT2D eigenvalue weighted by Gasteiger charge is -2.27. The van der Waals surface area contributed by atoms with E-state index in [1.165, 1.54) is 0 Å². The molecule has 0 saturated heterocycles. The van der Waals surface area contributed by atoms with Crippen LogP contribution in [-0.2, 0) is 20.9 Å². The molecule has 1 aromatic rings. The second-order valence-corrected chi connectivity index (χ2v) is 8.02. The van der Waals surface area contributed by atoms with Crippen molar-refractivity contribution in [3.05, 3.63) is 20.8 Å². The van der Waals surface area contributed by atoms with Gasteiger partial charge in [0, 0.05) is 4.88 Å². The second kappa shape index (κ2) is 7.22. The highest BCUT2D eigenvalue weighted by Gasteiger charge is 2.38. The molecule has 4 nitrogen and oxygen atoms in total. The zero-order valence-electron chi connectivity index (χ0n) is 12.2. The summed E-state index contributed by atoms with van der Waals surface area (Å²) in [4.78, 5) is 25.3. The molecular formula is C14H20BrNO3S. The maximum atomic E-state index is 12.3. The van der Waals surface area contributed by atoms with Gasteiger partial charge in [0.2, 0.25) is 5.91 Å². The van der Waals surface area contributed by atoms with E-state index in [1.54, 1.807) is 18.3 Å². The van der Waals surface area contributed by atoms with Gasteiger partial charge in [-0.25, -0.2) is 0 Å². The molecule has 1 unspecified atom stereocenters. The lowest BCUT2D eigenvalue weighted by atomic mass is 9.80. The molecule has 0 aliphatic rings. The van der Waals surface area contributed by atoms with Crippen molar-refractivity contribution >= 4 is 39.1 Å². The molecule has 0 aliphatic heterocycles. The van der Waals surface area contributed by atoms with Crippen molar-refractivity contribution in [2.75, 3.05) is 6.61 Å². The maximum Gasteiger partial charge on any atom is 0.319 e. The third-order valence-electron chi connectivity index (χ3n) is 2.72. The van der Waals surface area contributed by atoms with E-state index < -0.39 is 17.3 Å². The summed E-state index contributed by atoms with van der Waals surface area (Å²) in [5.74, 6) is -1.56. The minimum Gasteiger partial charge on any atom is -0.465 e. The second-order valence-electron chi connectivity index (χ2n) is 5.47. The lowest BCUT2D eigenvalue weighted by Crippen LogP contribution is -2.43. The number of rotatable bonds is 5. The van der Waals surface area contributed by atoms with Gasteiger partial charge in [0.25, 0.3) is 0 Å². The van der Waals surface area contributed by atoms with Crippen LogP contribution in [0.2, 0.25) is 0 Å². The number of hydrogen-bond acceptors (Lipinski definition) is 4. The van der Waals surface area contributed by atoms with Crippen molar-refractivity contribution in [2.24, 2.45) is 11.3 Å². The zero-order chi connectivity index (χ0) is 15.3. The smallest absolute Gasteiger partial charge is 0.319 e. The molecule has 0 spiro atoms. The minimum absolute atomic E-state index is 0.274. The molecule has 0 aromatic carbocycles. The third kappa shape index (κ3) is 4.90. The topological polar surface area (TPSA) is 55.4 Å². The van der Waals surface area contributed by atoms with Gasteiger partial charge in [-0.15, -0.1) is 11.3 Å². The first kappa shape index (κ1) is 17.2. The predicted octanol–water partition coefficient (Wildman–Crippen LogP) is 3.35. The Morgan fingerprint density at radius 3 is 2.50 bits per heavy atom. The highest BCUT2D eigenvalue weighted by atomic mass is 79.9. The van der Waals surface area contributed by atoms with Gasteiger partial charge in [0.15, 0.2) is 0 Å². The fourth-order valence-electron chi connectivity index (χ4n) is 1.80. The molecule has 1 rings (SSSR count). The quantitative estimate of drug-likeness (QED) is 0.646. The summed E-state index contributed by atoms with van der Waals surface area (Å²) >= 11 is 4.93. The van der Waals surface area contributed by atoms with Gasteiger partial charge in [-0.1, -0.05) is 20.8 Å². The summed E-state index contributed by atoms with van der Waals surface area (Å²) in [5, 5.41) is 2.81. The fraction of sp³-hybridized carbons (Fsp3) is 0.571. The number of carbonyl (C=O) groups excluding carboxylic acids is 2. The molecule has 0 fully saturated rings. The number of thiophene rings is 1. The first-order valence-electron chi connectivity index (χ1n) is 6.44. The van der Waals surface area contributed by atoms with Crippen LogP contribution in [0, 0.1) is 11.3 Å². The van der Waals surface area contributed by atoms with Gasteiger partial charge in [-0.05, 0) is 40.4 Å². The highest BCUT2D eigenvalue weighted by Crippen LogP contribution is 2.28. The van der Waals surface area contributed by atoms with Crippen LogP contribution >= 0.6 is 27.3 Å². The van der Waals surface area contributed by atoms with Crippen molar-refractivity contribution < 1.29 is 14.3 Å². The van der Waals surface area contributed by atoms with Crippen molar-refractivity contribution in [1.82, 2.24) is 5.32 Å². The van der Waals surface area contributed by atoms with Gasteiger partial charge in [0.1, 0.15) is 5.92 Å². The molecular weight excluding hydrogens is 342 g/mol. The molecule has 1 aromatic heterocycles. The summed E-state index contributed by atoms with van der Waals surface area (Å²) in [6.07, 6.45) is 0. The van der Waals surface area contributed by atoms with Gasteiger partial charge >= 0.3 is 5.97 Å². The normalized spacial score (nSPS) is 12.8. The minimum atomic E-state index is -0.800. The van der Waals surface area contributed by atoms with E-state index >= 15 is 0 Å². The van der Waals surface area contributed by atoms with Crippen molar-refractivity contribution in [3.63, 3.8) is 0 Å². The zero-order valence-corrected chi connectivity index (χ0v) is 14.6. The van der Waals surface area contributed by atoms with E-state index in [9.17, 15) is 9.59 Å². The monoisotopic (exact) mass is 361 g/mol. The van der Waals surface area contributed by atoms with Crippen molar-refractivity contribution in [2.45, 2.75) is 34.2 Å². The van der Waals surface area contributed by atoms with Crippen LogP contribution in [0.3, 0.4) is 0 Å². The van der Waals surface area contributed by atoms with E-state index in [1.807, 2.05) is 32.9 Å². The number of nitrogens with one attached hydrogen (secondary N) is 1. The number of esters is 1. The lowest BCUT2D eigenvalue weighted by molar-refractivity contribution is -0.156. The van der Waals surface area contributed by atoms with Gasteiger partial charge in [-0.2, -0.15) is 0 Å². The summed E-state index contributed by atoms with van der Waals surface area (Å²) in [6.45, 7) is 8.00. The fourth-order valence-corrected chi connectivity index (χ4v) is 3.23. The largest absolute Gasteiger partial charge is 0.465 e. The summed E-state index contributed by atoms with van der Waals surface area (Å²) in [5.41, 5.74) is -0.480. The average Bonchev–Trinajstić information content (AvgIpc) is 2.71. The molecule has 112 valence electrons. The predicted molar refractivity (Wildman–Crippen MR) is 83.4 cm³/mol. The van der Waals surface area contributed by atoms with Crippen molar-refractivity contribution in [3.8, 4) is 0 Å². The van der Waals surface area contributed by atoms with Crippen LogP contribution in [0.15, 0.2) is 15.9 Å². The van der Waals surface area contributed by atoms with Gasteiger partial charge in [-0.3, -0.25) is 9.59 Å². The summed E-state index contributed by atoms with van der Waals surface area (Å²) in [6, 6.07) is 3.87. The van der Waals surface area contributed by atoms with Crippen LogP contribution in [-0.4, -0.2) is 18.5 Å². The molecule has 0 bridgehead atoms. The van der Waals surface area contributed by atoms with Crippen molar-refractivity contribution in [1.29, 1.82) is 0 Å². The Balaban J connectivity index is 2.71. The Morgan fingerprint density at radius 1 is 1.40 bits per heavy atom. The first-order chi connectivity index (χ1) is 9.25. The summed E-state index contributed by atoms with van der Waals surface area (Å²) < 4.78 is 6.02. The maximum absolute atomic E-state index is 12.3. The Labute approximate surface area is 132 Å². The molecule has 1 N–H and O–H groups in total. The Hall–Kier alpha value is -0.880. The standard InChI is InChI=1S/C14H20BrNO3S/c1-5-19-13(18)11(14(2,3)4)12(17)16-8-9-6-7-10(15)20-9/h6-7,11H,5,8H2,1-4H3,(H,16,17). The average molecular weight is 362 g/mol. The highest BCUT2D eigenvalue weighted by molar-refractivity contribution is 9.11. The molecule has 1 amide bonds. The number of halogens is 1. The van der Waals surface area contributed by atoms with E-state index in [2.05, 4.69) is 21.2 Å². The van der Waals surface area contributed by atoms with Crippen LogP contribution in [0.5, 0.6) is 0 Å². The van der Waals surface area contributed by atoms with Crippen LogP contribution in [0.25, 0.3) is 0 Å². The molecule has 0 aliphatic carbocycles. The van der Waals surface area contributed by atoms with Gasteiger partial charge in [0.05, 0.1) is 16.9 Å². The summed E-state index contributed by atoms with van der Waals surface area (Å²) in [7, 11) is 0. The molecule has 1 atom stereocenters. The Morgan fingerprint density at radius 2 is 2.05 bits per heavy atom. The Kier molecular flexibility index (Phi) is 6.20. The first-order valence-corrected chi connectivity index (χ1v) is 8.05. The molecule has 1 heterocycles. The Bertz CT molecular complexity index is 479.